The molecule has 10 heteroatoms. The SMILES string of the molecule is COc1cc(NC(=O)Nc2nc3c(OC)ccc(OC)c3s2)cc(OC)c1OC. The molecule has 3 aromatic rings. The summed E-state index contributed by atoms with van der Waals surface area (Å²) >= 11 is 1.28. The summed E-state index contributed by atoms with van der Waals surface area (Å²) in [5.41, 5.74) is 1.08. The lowest BCUT2D eigenvalue weighted by Gasteiger charge is -2.14. The predicted octanol–water partition coefficient (Wildman–Crippen LogP) is 3.98. The summed E-state index contributed by atoms with van der Waals surface area (Å²) in [6.45, 7) is 0. The van der Waals surface area contributed by atoms with E-state index in [1.165, 1.54) is 32.7 Å². The zero-order valence-corrected chi connectivity index (χ0v) is 17.4. The number of anilines is 2. The van der Waals surface area contributed by atoms with Crippen molar-refractivity contribution in [2.24, 2.45) is 0 Å². The van der Waals surface area contributed by atoms with E-state index >= 15 is 0 Å². The lowest BCUT2D eigenvalue weighted by atomic mass is 10.2. The van der Waals surface area contributed by atoms with Gasteiger partial charge in [-0.3, -0.25) is 5.32 Å². The lowest BCUT2D eigenvalue weighted by molar-refractivity contribution is 0.262. The maximum absolute atomic E-state index is 12.5. The number of ether oxygens (including phenoxy) is 5. The predicted molar refractivity (Wildman–Crippen MR) is 111 cm³/mol. The largest absolute Gasteiger partial charge is 0.495 e. The number of methoxy groups -OCH3 is 5. The molecule has 1 heterocycles. The van der Waals surface area contributed by atoms with Crippen molar-refractivity contribution in [3.8, 4) is 28.7 Å². The molecule has 0 aliphatic carbocycles. The lowest BCUT2D eigenvalue weighted by Crippen LogP contribution is -2.19. The van der Waals surface area contributed by atoms with Crippen molar-refractivity contribution in [1.29, 1.82) is 0 Å². The quantitative estimate of drug-likeness (QED) is 0.597. The monoisotopic (exact) mass is 419 g/mol. The van der Waals surface area contributed by atoms with Gasteiger partial charge in [0.25, 0.3) is 0 Å². The standard InChI is InChI=1S/C19H21N3O6S/c1-24-11-6-7-12(25-2)17-15(11)21-19(29-17)22-18(23)20-10-8-13(26-3)16(28-5)14(9-10)27-4/h6-9H,1-5H3,(H2,20,21,22,23). The Balaban J connectivity index is 1.84. The molecular formula is C19H21N3O6S. The molecular weight excluding hydrogens is 398 g/mol. The summed E-state index contributed by atoms with van der Waals surface area (Å²) in [4.78, 5) is 16.9. The van der Waals surface area contributed by atoms with E-state index in [1.807, 2.05) is 0 Å². The Morgan fingerprint density at radius 3 is 1.97 bits per heavy atom. The molecule has 0 aliphatic rings. The van der Waals surface area contributed by atoms with Crippen LogP contribution in [0, 0.1) is 0 Å². The van der Waals surface area contributed by atoms with Crippen LogP contribution in [-0.4, -0.2) is 46.6 Å². The third-order valence-corrected chi connectivity index (χ3v) is 5.04. The summed E-state index contributed by atoms with van der Waals surface area (Å²) in [5, 5.41) is 5.85. The van der Waals surface area contributed by atoms with Crippen LogP contribution in [0.15, 0.2) is 24.3 Å². The van der Waals surface area contributed by atoms with E-state index in [2.05, 4.69) is 15.6 Å². The molecule has 0 unspecified atom stereocenters. The van der Waals surface area contributed by atoms with E-state index in [0.29, 0.717) is 45.1 Å². The van der Waals surface area contributed by atoms with Gasteiger partial charge in [0, 0.05) is 12.1 Å². The highest BCUT2D eigenvalue weighted by molar-refractivity contribution is 7.22. The minimum absolute atomic E-state index is 0.396. The minimum atomic E-state index is -0.476. The number of hydrogen-bond donors (Lipinski definition) is 2. The number of hydrogen-bond acceptors (Lipinski definition) is 8. The Kier molecular flexibility index (Phi) is 6.13. The molecule has 0 saturated heterocycles. The van der Waals surface area contributed by atoms with Crippen LogP contribution < -0.4 is 34.3 Å². The summed E-state index contributed by atoms with van der Waals surface area (Å²) < 4.78 is 27.3. The number of thiazole rings is 1. The molecule has 0 aliphatic heterocycles. The number of urea groups is 1. The Hall–Kier alpha value is -3.40. The van der Waals surface area contributed by atoms with E-state index in [0.717, 1.165) is 4.70 Å². The third kappa shape index (κ3) is 4.06. The van der Waals surface area contributed by atoms with Crippen molar-refractivity contribution in [3.05, 3.63) is 24.3 Å². The van der Waals surface area contributed by atoms with Crippen LogP contribution in [0.1, 0.15) is 0 Å². The summed E-state index contributed by atoms with van der Waals surface area (Å²) in [6.07, 6.45) is 0. The Bertz CT molecular complexity index is 970. The Labute approximate surface area is 171 Å². The zero-order chi connectivity index (χ0) is 21.0. The van der Waals surface area contributed by atoms with E-state index in [1.54, 1.807) is 38.5 Å². The van der Waals surface area contributed by atoms with Crippen molar-refractivity contribution in [2.75, 3.05) is 46.2 Å². The number of carbonyl (C=O) groups is 1. The van der Waals surface area contributed by atoms with Gasteiger partial charge in [0.1, 0.15) is 21.7 Å². The average molecular weight is 419 g/mol. The number of carbonyl (C=O) groups excluding carboxylic acids is 1. The summed E-state index contributed by atoms with van der Waals surface area (Å²) in [5.74, 6) is 2.53. The first-order chi connectivity index (χ1) is 14.0. The molecule has 0 radical (unpaired) electrons. The fraction of sp³-hybridized carbons (Fsp3) is 0.263. The minimum Gasteiger partial charge on any atom is -0.495 e. The Morgan fingerprint density at radius 2 is 1.41 bits per heavy atom. The first-order valence-corrected chi connectivity index (χ1v) is 9.25. The maximum atomic E-state index is 12.5. The maximum Gasteiger partial charge on any atom is 0.325 e. The number of nitrogens with zero attached hydrogens (tertiary/aromatic N) is 1. The highest BCUT2D eigenvalue weighted by Crippen LogP contribution is 2.41. The summed E-state index contributed by atoms with van der Waals surface area (Å²) in [7, 11) is 7.65. The van der Waals surface area contributed by atoms with E-state index in [9.17, 15) is 4.79 Å². The average Bonchev–Trinajstić information content (AvgIpc) is 3.15. The van der Waals surface area contributed by atoms with Gasteiger partial charge in [0.2, 0.25) is 5.75 Å². The third-order valence-electron chi connectivity index (χ3n) is 4.05. The molecule has 29 heavy (non-hydrogen) atoms. The van der Waals surface area contributed by atoms with Crippen molar-refractivity contribution in [2.45, 2.75) is 0 Å². The number of aromatic nitrogens is 1. The van der Waals surface area contributed by atoms with Crippen LogP contribution >= 0.6 is 11.3 Å². The summed E-state index contributed by atoms with van der Waals surface area (Å²) in [6, 6.07) is 6.34. The molecule has 154 valence electrons. The van der Waals surface area contributed by atoms with Gasteiger partial charge in [0.15, 0.2) is 16.6 Å². The van der Waals surface area contributed by atoms with Crippen LogP contribution in [0.2, 0.25) is 0 Å². The normalized spacial score (nSPS) is 10.4. The fourth-order valence-electron chi connectivity index (χ4n) is 2.75. The van der Waals surface area contributed by atoms with Gasteiger partial charge < -0.3 is 29.0 Å². The molecule has 2 N–H and O–H groups in total. The number of fused-ring (bicyclic) bond motifs is 1. The van der Waals surface area contributed by atoms with E-state index in [-0.39, 0.29) is 0 Å². The van der Waals surface area contributed by atoms with Crippen LogP contribution in [0.5, 0.6) is 28.7 Å². The molecule has 9 nitrogen and oxygen atoms in total. The molecule has 1 aromatic heterocycles. The van der Waals surface area contributed by atoms with Crippen molar-refractivity contribution in [1.82, 2.24) is 4.98 Å². The number of nitrogens with one attached hydrogen (secondary N) is 2. The van der Waals surface area contributed by atoms with Crippen molar-refractivity contribution < 1.29 is 28.5 Å². The highest BCUT2D eigenvalue weighted by Gasteiger charge is 2.17. The Morgan fingerprint density at radius 1 is 0.828 bits per heavy atom. The first kappa shape index (κ1) is 20.3. The van der Waals surface area contributed by atoms with Gasteiger partial charge in [0.05, 0.1) is 41.2 Å². The second kappa shape index (κ2) is 8.74. The molecule has 2 aromatic carbocycles. The van der Waals surface area contributed by atoms with Crippen molar-refractivity contribution >= 4 is 38.4 Å². The number of rotatable bonds is 7. The fourth-order valence-corrected chi connectivity index (χ4v) is 3.72. The van der Waals surface area contributed by atoms with Gasteiger partial charge in [-0.05, 0) is 12.1 Å². The van der Waals surface area contributed by atoms with Gasteiger partial charge >= 0.3 is 6.03 Å². The van der Waals surface area contributed by atoms with Crippen LogP contribution in [0.25, 0.3) is 10.2 Å². The molecule has 0 spiro atoms. The van der Waals surface area contributed by atoms with E-state index < -0.39 is 6.03 Å². The molecule has 0 fully saturated rings. The van der Waals surface area contributed by atoms with Crippen LogP contribution in [-0.2, 0) is 0 Å². The number of benzene rings is 2. The van der Waals surface area contributed by atoms with Crippen LogP contribution in [0.3, 0.4) is 0 Å². The topological polar surface area (TPSA) is 100 Å². The van der Waals surface area contributed by atoms with Crippen LogP contribution in [0.4, 0.5) is 15.6 Å². The second-order valence-electron chi connectivity index (χ2n) is 5.66. The molecule has 0 saturated carbocycles. The highest BCUT2D eigenvalue weighted by atomic mass is 32.1. The zero-order valence-electron chi connectivity index (χ0n) is 16.6. The van der Waals surface area contributed by atoms with Gasteiger partial charge in [-0.1, -0.05) is 11.3 Å². The molecule has 0 atom stereocenters. The number of amides is 2. The molecule has 0 bridgehead atoms. The second-order valence-corrected chi connectivity index (χ2v) is 6.66. The molecule has 3 rings (SSSR count). The molecule has 2 amide bonds. The van der Waals surface area contributed by atoms with E-state index in [4.69, 9.17) is 23.7 Å². The van der Waals surface area contributed by atoms with Crippen molar-refractivity contribution in [3.63, 3.8) is 0 Å². The smallest absolute Gasteiger partial charge is 0.325 e. The van der Waals surface area contributed by atoms with Gasteiger partial charge in [-0.25, -0.2) is 9.78 Å². The van der Waals surface area contributed by atoms with Gasteiger partial charge in [-0.15, -0.1) is 0 Å². The first-order valence-electron chi connectivity index (χ1n) is 8.44. The van der Waals surface area contributed by atoms with Gasteiger partial charge in [-0.2, -0.15) is 0 Å².